The molecule has 0 fully saturated rings. The number of aromatic nitrogens is 1. The van der Waals surface area contributed by atoms with Crippen LogP contribution in [0.15, 0.2) is 41.2 Å². The number of aliphatic imine (C=N–C) groups is 1. The Morgan fingerprint density at radius 2 is 2.17 bits per heavy atom. The Labute approximate surface area is 138 Å². The number of anilines is 1. The predicted molar refractivity (Wildman–Crippen MR) is 92.2 cm³/mol. The minimum Gasteiger partial charge on any atom is -0.341 e. The second-order valence-corrected chi connectivity index (χ2v) is 6.77. The van der Waals surface area contributed by atoms with Crippen LogP contribution in [-0.4, -0.2) is 34.6 Å². The summed E-state index contributed by atoms with van der Waals surface area (Å²) in [5.74, 6) is 1.72. The van der Waals surface area contributed by atoms with Crippen LogP contribution in [0.1, 0.15) is 25.9 Å². The third-order valence-electron chi connectivity index (χ3n) is 3.96. The molecule has 0 amide bonds. The number of amidine groups is 1. The molecule has 4 rings (SSSR count). The van der Waals surface area contributed by atoms with Gasteiger partial charge in [0.15, 0.2) is 0 Å². The number of rotatable bonds is 2. The van der Waals surface area contributed by atoms with E-state index in [1.54, 1.807) is 6.08 Å². The highest BCUT2D eigenvalue weighted by atomic mass is 32.1. The zero-order valence-corrected chi connectivity index (χ0v) is 13.8. The van der Waals surface area contributed by atoms with Crippen LogP contribution in [0.4, 0.5) is 5.69 Å². The van der Waals surface area contributed by atoms with Gasteiger partial charge in [-0.2, -0.15) is 0 Å². The summed E-state index contributed by atoms with van der Waals surface area (Å²) in [7, 11) is 0. The average Bonchev–Trinajstić information content (AvgIpc) is 3.14. The fourth-order valence-corrected chi connectivity index (χ4v) is 3.80. The molecule has 5 nitrogen and oxygen atoms in total. The number of para-hydroxylation sites is 1. The summed E-state index contributed by atoms with van der Waals surface area (Å²) in [4.78, 5) is 24.3. The van der Waals surface area contributed by atoms with Crippen molar-refractivity contribution in [2.45, 2.75) is 13.8 Å². The first-order valence-electron chi connectivity index (χ1n) is 7.52. The van der Waals surface area contributed by atoms with Crippen molar-refractivity contribution in [3.63, 3.8) is 0 Å². The molecule has 0 atom stereocenters. The maximum atomic E-state index is 12.6. The molecule has 0 saturated carbocycles. The minimum absolute atomic E-state index is 0.0127. The lowest BCUT2D eigenvalue weighted by molar-refractivity contribution is 0.104. The number of allylic oxidation sites excluding steroid dienone is 1. The van der Waals surface area contributed by atoms with Gasteiger partial charge in [0.2, 0.25) is 5.78 Å². The standard InChI is InChI=1S/C17H16N4OS/c1-10-16(23-11(2)19-10)14(22)9-15-20-13-6-4-3-5-12(13)17-18-7-8-21(15)17/h3-6,9,20H,7-8H2,1-2H3. The normalized spacial score (nSPS) is 17.6. The van der Waals surface area contributed by atoms with Crippen molar-refractivity contribution in [1.82, 2.24) is 9.88 Å². The molecule has 2 aliphatic rings. The van der Waals surface area contributed by atoms with Gasteiger partial charge in [-0.1, -0.05) is 12.1 Å². The van der Waals surface area contributed by atoms with E-state index in [-0.39, 0.29) is 5.78 Å². The summed E-state index contributed by atoms with van der Waals surface area (Å²) in [6.07, 6.45) is 1.66. The summed E-state index contributed by atoms with van der Waals surface area (Å²) >= 11 is 1.44. The Morgan fingerprint density at radius 3 is 2.96 bits per heavy atom. The maximum Gasteiger partial charge on any atom is 0.201 e. The average molecular weight is 324 g/mol. The Kier molecular flexibility index (Phi) is 3.27. The number of carbonyl (C=O) groups excluding carboxylic acids is 1. The highest BCUT2D eigenvalue weighted by Gasteiger charge is 2.29. The van der Waals surface area contributed by atoms with Gasteiger partial charge in [0, 0.05) is 18.2 Å². The SMILES string of the molecule is Cc1nc(C)c(C(=O)C=C2Nc3ccccc3C3=NCCN23)s1. The van der Waals surface area contributed by atoms with Crippen molar-refractivity contribution in [1.29, 1.82) is 0 Å². The Hall–Kier alpha value is -2.47. The molecule has 1 aromatic heterocycles. The summed E-state index contributed by atoms with van der Waals surface area (Å²) in [6, 6.07) is 8.04. The van der Waals surface area contributed by atoms with Gasteiger partial charge in [-0.3, -0.25) is 9.79 Å². The van der Waals surface area contributed by atoms with Gasteiger partial charge in [0.1, 0.15) is 11.7 Å². The number of fused-ring (bicyclic) bond motifs is 3. The monoisotopic (exact) mass is 324 g/mol. The van der Waals surface area contributed by atoms with Crippen molar-refractivity contribution in [2.75, 3.05) is 18.4 Å². The lowest BCUT2D eigenvalue weighted by atomic mass is 10.1. The summed E-state index contributed by atoms with van der Waals surface area (Å²) in [6.45, 7) is 5.33. The fraction of sp³-hybridized carbons (Fsp3) is 0.235. The smallest absolute Gasteiger partial charge is 0.201 e. The lowest BCUT2D eigenvalue weighted by Crippen LogP contribution is -2.36. The molecule has 0 aliphatic carbocycles. The quantitative estimate of drug-likeness (QED) is 0.681. The molecular formula is C17H16N4OS. The van der Waals surface area contributed by atoms with E-state index >= 15 is 0 Å². The van der Waals surface area contributed by atoms with Crippen LogP contribution < -0.4 is 5.32 Å². The van der Waals surface area contributed by atoms with Gasteiger partial charge in [0.25, 0.3) is 0 Å². The van der Waals surface area contributed by atoms with Gasteiger partial charge < -0.3 is 10.2 Å². The van der Waals surface area contributed by atoms with Crippen LogP contribution in [0.5, 0.6) is 0 Å². The number of hydrogen-bond donors (Lipinski definition) is 1. The Morgan fingerprint density at radius 1 is 1.35 bits per heavy atom. The first kappa shape index (κ1) is 14.1. The molecule has 3 heterocycles. The van der Waals surface area contributed by atoms with Gasteiger partial charge in [-0.05, 0) is 26.0 Å². The molecule has 2 aromatic rings. The number of benzene rings is 1. The van der Waals surface area contributed by atoms with Gasteiger partial charge in [-0.15, -0.1) is 11.3 Å². The van der Waals surface area contributed by atoms with Crippen molar-refractivity contribution >= 4 is 28.6 Å². The molecular weight excluding hydrogens is 308 g/mol. The van der Waals surface area contributed by atoms with Gasteiger partial charge in [-0.25, -0.2) is 4.98 Å². The van der Waals surface area contributed by atoms with Crippen molar-refractivity contribution in [2.24, 2.45) is 4.99 Å². The van der Waals surface area contributed by atoms with Crippen LogP contribution in [0, 0.1) is 13.8 Å². The molecule has 0 unspecified atom stereocenters. The van der Waals surface area contributed by atoms with Crippen LogP contribution in [0.3, 0.4) is 0 Å². The Balaban J connectivity index is 1.74. The number of hydrogen-bond acceptors (Lipinski definition) is 6. The molecule has 116 valence electrons. The first-order valence-corrected chi connectivity index (χ1v) is 8.33. The van der Waals surface area contributed by atoms with Gasteiger partial charge in [0.05, 0.1) is 27.8 Å². The maximum absolute atomic E-state index is 12.6. The highest BCUT2D eigenvalue weighted by Crippen LogP contribution is 2.30. The van der Waals surface area contributed by atoms with Crippen LogP contribution in [-0.2, 0) is 0 Å². The van der Waals surface area contributed by atoms with Crippen molar-refractivity contribution in [3.8, 4) is 0 Å². The highest BCUT2D eigenvalue weighted by molar-refractivity contribution is 7.13. The Bertz CT molecular complexity index is 865. The van der Waals surface area contributed by atoms with E-state index in [4.69, 9.17) is 0 Å². The van der Waals surface area contributed by atoms with E-state index in [0.717, 1.165) is 46.7 Å². The number of carbonyl (C=O) groups is 1. The second kappa shape index (κ2) is 5.31. The molecule has 0 spiro atoms. The zero-order chi connectivity index (χ0) is 16.0. The number of nitrogens with zero attached hydrogens (tertiary/aromatic N) is 3. The molecule has 1 aromatic carbocycles. The third-order valence-corrected chi connectivity index (χ3v) is 5.04. The van der Waals surface area contributed by atoms with Crippen molar-refractivity contribution in [3.05, 3.63) is 57.3 Å². The first-order chi connectivity index (χ1) is 11.1. The molecule has 0 bridgehead atoms. The zero-order valence-electron chi connectivity index (χ0n) is 13.0. The van der Waals surface area contributed by atoms with E-state index in [0.29, 0.717) is 4.88 Å². The molecule has 6 heteroatoms. The summed E-state index contributed by atoms with van der Waals surface area (Å²) in [5, 5.41) is 4.28. The van der Waals surface area contributed by atoms with E-state index in [1.165, 1.54) is 11.3 Å². The molecule has 23 heavy (non-hydrogen) atoms. The topological polar surface area (TPSA) is 57.6 Å². The van der Waals surface area contributed by atoms with Gasteiger partial charge >= 0.3 is 0 Å². The van der Waals surface area contributed by atoms with E-state index in [1.807, 2.05) is 32.0 Å². The molecule has 1 N–H and O–H groups in total. The van der Waals surface area contributed by atoms with E-state index in [9.17, 15) is 4.79 Å². The van der Waals surface area contributed by atoms with Crippen molar-refractivity contribution < 1.29 is 4.79 Å². The van der Waals surface area contributed by atoms with Crippen LogP contribution >= 0.6 is 11.3 Å². The number of nitrogens with one attached hydrogen (secondary N) is 1. The number of aryl methyl sites for hydroxylation is 2. The van der Waals surface area contributed by atoms with Crippen LogP contribution in [0.2, 0.25) is 0 Å². The molecule has 0 saturated heterocycles. The lowest BCUT2D eigenvalue weighted by Gasteiger charge is -2.31. The number of ketones is 1. The summed E-state index contributed by atoms with van der Waals surface area (Å²) in [5.41, 5.74) is 2.86. The second-order valence-electron chi connectivity index (χ2n) is 5.57. The predicted octanol–water partition coefficient (Wildman–Crippen LogP) is 2.97. The fourth-order valence-electron chi connectivity index (χ4n) is 2.97. The minimum atomic E-state index is -0.0127. The molecule has 2 aliphatic heterocycles. The van der Waals surface area contributed by atoms with E-state index < -0.39 is 0 Å². The van der Waals surface area contributed by atoms with E-state index in [2.05, 4.69) is 26.3 Å². The molecule has 0 radical (unpaired) electrons. The third kappa shape index (κ3) is 2.35. The summed E-state index contributed by atoms with van der Waals surface area (Å²) < 4.78 is 0. The van der Waals surface area contributed by atoms with Crippen LogP contribution in [0.25, 0.3) is 0 Å². The largest absolute Gasteiger partial charge is 0.341 e. The number of thiazole rings is 1.